The van der Waals surface area contributed by atoms with Crippen LogP contribution in [0, 0.1) is 0 Å². The summed E-state index contributed by atoms with van der Waals surface area (Å²) in [5.41, 5.74) is 5.21. The molecule has 0 aliphatic rings. The lowest BCUT2D eigenvalue weighted by atomic mass is 10.1. The summed E-state index contributed by atoms with van der Waals surface area (Å²) >= 11 is 0. The van der Waals surface area contributed by atoms with Crippen molar-refractivity contribution in [2.75, 3.05) is 0 Å². The van der Waals surface area contributed by atoms with Crippen LogP contribution in [-0.2, 0) is 6.54 Å². The summed E-state index contributed by atoms with van der Waals surface area (Å²) in [5, 5.41) is 0.673. The van der Waals surface area contributed by atoms with Gasteiger partial charge in [-0.15, -0.1) is 0 Å². The molecule has 0 spiro atoms. The van der Waals surface area contributed by atoms with Gasteiger partial charge in [0.05, 0.1) is 0 Å². The molecule has 6 nitrogen and oxygen atoms in total. The molecule has 3 aromatic rings. The van der Waals surface area contributed by atoms with Crippen LogP contribution >= 0.6 is 0 Å². The molecule has 114 valence electrons. The van der Waals surface area contributed by atoms with Crippen LogP contribution < -0.4 is 15.9 Å². The molecule has 0 aliphatic heterocycles. The molecule has 0 saturated heterocycles. The van der Waals surface area contributed by atoms with Gasteiger partial charge in [0.25, 0.3) is 5.91 Å². The van der Waals surface area contributed by atoms with Gasteiger partial charge >= 0.3 is 5.63 Å². The van der Waals surface area contributed by atoms with E-state index in [1.807, 2.05) is 0 Å². The Morgan fingerprint density at radius 1 is 1.13 bits per heavy atom. The van der Waals surface area contributed by atoms with Crippen LogP contribution in [-0.4, -0.2) is 11.7 Å². The molecule has 6 heteroatoms. The van der Waals surface area contributed by atoms with Crippen molar-refractivity contribution >= 4 is 22.7 Å². The Labute approximate surface area is 130 Å². The third-order valence-electron chi connectivity index (χ3n) is 3.41. The number of para-hydroxylation sites is 1. The maximum atomic E-state index is 12.4. The maximum absolute atomic E-state index is 12.4. The first kappa shape index (κ1) is 14.6. The molecule has 23 heavy (non-hydrogen) atoms. The molecule has 1 aromatic carbocycles. The first-order valence-corrected chi connectivity index (χ1v) is 6.89. The van der Waals surface area contributed by atoms with E-state index in [2.05, 4.69) is 0 Å². The Bertz CT molecular complexity index is 975. The monoisotopic (exact) mass is 309 g/mol. The topological polar surface area (TPSA) is 94.2 Å². The molecule has 0 radical (unpaired) electrons. The van der Waals surface area contributed by atoms with Crippen LogP contribution in [0.5, 0.6) is 0 Å². The Kier molecular flexibility index (Phi) is 3.72. The Balaban J connectivity index is 1.94. The second-order valence-electron chi connectivity index (χ2n) is 5.04. The number of ketones is 1. The van der Waals surface area contributed by atoms with Gasteiger partial charge in [-0.1, -0.05) is 18.2 Å². The van der Waals surface area contributed by atoms with Gasteiger partial charge in [0.1, 0.15) is 16.7 Å². The number of fused-ring (bicyclic) bond motifs is 1. The summed E-state index contributed by atoms with van der Waals surface area (Å²) in [4.78, 5) is 35.5. The van der Waals surface area contributed by atoms with Gasteiger partial charge in [-0.2, -0.15) is 4.57 Å². The number of hydrogen-bond donors (Lipinski definition) is 1. The molecule has 1 amide bonds. The molecule has 0 unspecified atom stereocenters. The molecule has 2 N–H and O–H groups in total. The maximum Gasteiger partial charge on any atom is 0.347 e. The second kappa shape index (κ2) is 5.84. The van der Waals surface area contributed by atoms with Gasteiger partial charge in [-0.25, -0.2) is 4.79 Å². The van der Waals surface area contributed by atoms with Crippen LogP contribution in [0.15, 0.2) is 64.1 Å². The van der Waals surface area contributed by atoms with Crippen LogP contribution in [0.2, 0.25) is 0 Å². The van der Waals surface area contributed by atoms with Crippen LogP contribution in [0.4, 0.5) is 0 Å². The predicted molar refractivity (Wildman–Crippen MR) is 82.0 cm³/mol. The third-order valence-corrected chi connectivity index (χ3v) is 3.41. The van der Waals surface area contributed by atoms with Crippen molar-refractivity contribution in [1.29, 1.82) is 0 Å². The SMILES string of the molecule is NC(=O)c1ccc[n+](CC(=O)c2cc3ccccc3oc2=O)c1. The van der Waals surface area contributed by atoms with Crippen molar-refractivity contribution in [2.45, 2.75) is 6.54 Å². The van der Waals surface area contributed by atoms with E-state index in [1.54, 1.807) is 42.6 Å². The zero-order valence-electron chi connectivity index (χ0n) is 12.1. The molecule has 3 rings (SSSR count). The fraction of sp³-hybridized carbons (Fsp3) is 0.0588. The highest BCUT2D eigenvalue weighted by Crippen LogP contribution is 2.12. The Morgan fingerprint density at radius 2 is 1.91 bits per heavy atom. The zero-order chi connectivity index (χ0) is 16.4. The highest BCUT2D eigenvalue weighted by Gasteiger charge is 2.18. The number of hydrogen-bond acceptors (Lipinski definition) is 4. The van der Waals surface area contributed by atoms with Crippen molar-refractivity contribution in [3.05, 3.63) is 76.4 Å². The molecule has 2 heterocycles. The number of primary amides is 1. The molecule has 0 aliphatic carbocycles. The fourth-order valence-corrected chi connectivity index (χ4v) is 2.27. The molecule has 0 fully saturated rings. The van der Waals surface area contributed by atoms with E-state index in [1.165, 1.54) is 16.8 Å². The fourth-order valence-electron chi connectivity index (χ4n) is 2.27. The van der Waals surface area contributed by atoms with Gasteiger partial charge in [-0.3, -0.25) is 9.59 Å². The van der Waals surface area contributed by atoms with Gasteiger partial charge in [-0.05, 0) is 18.2 Å². The number of amides is 1. The third kappa shape index (κ3) is 3.01. The van der Waals surface area contributed by atoms with E-state index in [9.17, 15) is 14.4 Å². The zero-order valence-corrected chi connectivity index (χ0v) is 12.1. The summed E-state index contributed by atoms with van der Waals surface area (Å²) in [6, 6.07) is 11.6. The van der Waals surface area contributed by atoms with Crippen molar-refractivity contribution in [3.8, 4) is 0 Å². The number of nitrogens with zero attached hydrogens (tertiary/aromatic N) is 1. The second-order valence-corrected chi connectivity index (χ2v) is 5.04. The minimum atomic E-state index is -0.680. The van der Waals surface area contributed by atoms with Crippen LogP contribution in [0.1, 0.15) is 20.7 Å². The number of carbonyl (C=O) groups is 2. The van der Waals surface area contributed by atoms with Gasteiger partial charge < -0.3 is 10.2 Å². The summed E-state index contributed by atoms with van der Waals surface area (Å²) in [5.74, 6) is -0.992. The van der Waals surface area contributed by atoms with Gasteiger partial charge in [0, 0.05) is 11.5 Å². The first-order valence-electron chi connectivity index (χ1n) is 6.89. The largest absolute Gasteiger partial charge is 0.422 e. The molecule has 0 bridgehead atoms. The average molecular weight is 309 g/mol. The average Bonchev–Trinajstić information content (AvgIpc) is 2.54. The highest BCUT2D eigenvalue weighted by atomic mass is 16.4. The molecule has 2 aromatic heterocycles. The minimum absolute atomic E-state index is 0.0271. The smallest absolute Gasteiger partial charge is 0.347 e. The number of benzene rings is 1. The number of nitrogens with two attached hydrogens (primary N) is 1. The standard InChI is InChI=1S/C17H12N2O4/c18-16(21)12-5-3-7-19(9-12)10-14(20)13-8-11-4-1-2-6-15(11)23-17(13)22/h1-9H,10H2,(H-,18,21)/p+1. The van der Waals surface area contributed by atoms with Crippen molar-refractivity contribution in [1.82, 2.24) is 0 Å². The lowest BCUT2D eigenvalue weighted by Gasteiger charge is -2.01. The van der Waals surface area contributed by atoms with Gasteiger partial charge in [0.15, 0.2) is 12.4 Å². The lowest BCUT2D eigenvalue weighted by molar-refractivity contribution is -0.683. The van der Waals surface area contributed by atoms with Gasteiger partial charge in [0.2, 0.25) is 12.3 Å². The summed E-state index contributed by atoms with van der Waals surface area (Å²) in [7, 11) is 0. The van der Waals surface area contributed by atoms with E-state index in [-0.39, 0.29) is 17.7 Å². The molecule has 0 saturated carbocycles. The van der Waals surface area contributed by atoms with Crippen molar-refractivity contribution in [2.24, 2.45) is 5.73 Å². The van der Waals surface area contributed by atoms with E-state index < -0.39 is 17.3 Å². The normalized spacial score (nSPS) is 10.6. The molecule has 0 atom stereocenters. The number of aromatic nitrogens is 1. The van der Waals surface area contributed by atoms with Crippen LogP contribution in [0.3, 0.4) is 0 Å². The van der Waals surface area contributed by atoms with E-state index in [0.717, 1.165) is 0 Å². The number of rotatable bonds is 4. The first-order chi connectivity index (χ1) is 11.0. The summed E-state index contributed by atoms with van der Waals surface area (Å²) in [6.07, 6.45) is 3.08. The van der Waals surface area contributed by atoms with Crippen LogP contribution in [0.25, 0.3) is 11.0 Å². The molecular formula is C17H13N2O4+. The Hall–Kier alpha value is -3.28. The Morgan fingerprint density at radius 3 is 2.70 bits per heavy atom. The molecular weight excluding hydrogens is 296 g/mol. The summed E-state index contributed by atoms with van der Waals surface area (Å²) < 4.78 is 6.65. The number of carbonyl (C=O) groups excluding carboxylic acids is 2. The quantitative estimate of drug-likeness (QED) is 0.443. The predicted octanol–water partition coefficient (Wildman–Crippen LogP) is 1.06. The lowest BCUT2D eigenvalue weighted by Crippen LogP contribution is -2.39. The van der Waals surface area contributed by atoms with E-state index >= 15 is 0 Å². The highest BCUT2D eigenvalue weighted by molar-refractivity contribution is 5.97. The minimum Gasteiger partial charge on any atom is -0.422 e. The van der Waals surface area contributed by atoms with E-state index in [4.69, 9.17) is 10.2 Å². The van der Waals surface area contributed by atoms with Crippen molar-refractivity contribution in [3.63, 3.8) is 0 Å². The number of pyridine rings is 1. The summed E-state index contributed by atoms with van der Waals surface area (Å²) in [6.45, 7) is -0.0930. The van der Waals surface area contributed by atoms with E-state index in [0.29, 0.717) is 11.0 Å². The number of Topliss-reactive ketones (excluding diaryl/α,β-unsaturated/α-hetero) is 1. The van der Waals surface area contributed by atoms with Crippen molar-refractivity contribution < 1.29 is 18.6 Å².